The molecule has 0 spiro atoms. The lowest BCUT2D eigenvalue weighted by atomic mass is 10.0. The molecule has 128 valence electrons. The number of aliphatic hydroxyl groups excluding tert-OH is 1. The predicted octanol–water partition coefficient (Wildman–Crippen LogP) is 4.36. The first-order valence-corrected chi connectivity index (χ1v) is 8.44. The van der Waals surface area contributed by atoms with Gasteiger partial charge in [0.1, 0.15) is 5.75 Å². The second kappa shape index (κ2) is 8.36. The molecule has 0 unspecified atom stereocenters. The summed E-state index contributed by atoms with van der Waals surface area (Å²) in [6.45, 7) is 1.46. The van der Waals surface area contributed by atoms with E-state index in [4.69, 9.17) is 4.74 Å². The number of hydrogen-bond donors (Lipinski definition) is 1. The summed E-state index contributed by atoms with van der Waals surface area (Å²) in [7, 11) is 1.66. The van der Waals surface area contributed by atoms with Crippen molar-refractivity contribution in [3.05, 3.63) is 84.4 Å². The summed E-state index contributed by atoms with van der Waals surface area (Å²) in [4.78, 5) is 2.16. The lowest BCUT2D eigenvalue weighted by Crippen LogP contribution is -2.26. The third-order valence-electron chi connectivity index (χ3n) is 4.24. The maximum Gasteiger partial charge on any atom is 0.119 e. The first kappa shape index (κ1) is 17.1. The predicted molar refractivity (Wildman–Crippen MR) is 103 cm³/mol. The molecule has 1 N–H and O–H groups in total. The second-order valence-electron chi connectivity index (χ2n) is 5.91. The van der Waals surface area contributed by atoms with Crippen LogP contribution in [0.25, 0.3) is 11.1 Å². The monoisotopic (exact) mass is 333 g/mol. The van der Waals surface area contributed by atoms with Crippen LogP contribution < -0.4 is 9.64 Å². The highest BCUT2D eigenvalue weighted by molar-refractivity contribution is 5.63. The zero-order valence-electron chi connectivity index (χ0n) is 14.4. The van der Waals surface area contributed by atoms with Gasteiger partial charge in [0.2, 0.25) is 0 Å². The van der Waals surface area contributed by atoms with E-state index in [1.54, 1.807) is 7.11 Å². The molecule has 0 saturated heterocycles. The summed E-state index contributed by atoms with van der Waals surface area (Å²) in [5.74, 6) is 0.833. The quantitative estimate of drug-likeness (QED) is 0.697. The van der Waals surface area contributed by atoms with Gasteiger partial charge in [-0.2, -0.15) is 0 Å². The smallest absolute Gasteiger partial charge is 0.119 e. The molecule has 0 aliphatic rings. The molecule has 3 rings (SSSR count). The van der Waals surface area contributed by atoms with Crippen molar-refractivity contribution in [1.29, 1.82) is 0 Å². The number of anilines is 1. The molecule has 0 aliphatic heterocycles. The molecule has 0 aromatic heterocycles. The summed E-state index contributed by atoms with van der Waals surface area (Å²) >= 11 is 0. The van der Waals surface area contributed by atoms with E-state index in [1.807, 2.05) is 30.3 Å². The highest BCUT2D eigenvalue weighted by Crippen LogP contribution is 2.23. The molecule has 0 fully saturated rings. The third kappa shape index (κ3) is 4.40. The van der Waals surface area contributed by atoms with E-state index < -0.39 is 0 Å². The van der Waals surface area contributed by atoms with Crippen LogP contribution in [0.5, 0.6) is 5.75 Å². The Morgan fingerprint density at radius 2 is 1.44 bits per heavy atom. The van der Waals surface area contributed by atoms with Crippen molar-refractivity contribution in [3.63, 3.8) is 0 Å². The topological polar surface area (TPSA) is 32.7 Å². The number of nitrogens with zero attached hydrogens (tertiary/aromatic N) is 1. The van der Waals surface area contributed by atoms with E-state index in [0.717, 1.165) is 18.0 Å². The molecule has 0 amide bonds. The molecule has 0 saturated carbocycles. The number of hydrogen-bond acceptors (Lipinski definition) is 3. The Hall–Kier alpha value is -2.78. The third-order valence-corrected chi connectivity index (χ3v) is 4.24. The highest BCUT2D eigenvalue weighted by Gasteiger charge is 2.08. The van der Waals surface area contributed by atoms with E-state index in [1.165, 1.54) is 16.7 Å². The summed E-state index contributed by atoms with van der Waals surface area (Å²) < 4.78 is 5.21. The SMILES string of the molecule is COc1ccc(N(CCO)Cc2ccc(-c3ccccc3)cc2)cc1. The Bertz CT molecular complexity index is 767. The minimum absolute atomic E-state index is 0.119. The molecule has 0 aliphatic carbocycles. The maximum absolute atomic E-state index is 9.40. The zero-order valence-corrected chi connectivity index (χ0v) is 14.4. The average Bonchev–Trinajstić information content (AvgIpc) is 2.69. The standard InChI is InChI=1S/C22H23NO2/c1-25-22-13-11-21(12-14-22)23(15-16-24)17-18-7-9-20(10-8-18)19-5-3-2-4-6-19/h2-14,24H,15-17H2,1H3. The summed E-state index contributed by atoms with van der Waals surface area (Å²) in [5.41, 5.74) is 4.71. The molecule has 0 atom stereocenters. The molecular formula is C22H23NO2. The number of rotatable bonds is 7. The molecule has 0 radical (unpaired) electrons. The number of benzene rings is 3. The van der Waals surface area contributed by atoms with Gasteiger partial charge in [0.25, 0.3) is 0 Å². The van der Waals surface area contributed by atoms with Gasteiger partial charge < -0.3 is 14.7 Å². The van der Waals surface area contributed by atoms with Crippen molar-refractivity contribution in [2.75, 3.05) is 25.2 Å². The molecule has 25 heavy (non-hydrogen) atoms. The van der Waals surface area contributed by atoms with E-state index in [-0.39, 0.29) is 6.61 Å². The normalized spacial score (nSPS) is 10.5. The van der Waals surface area contributed by atoms with E-state index in [9.17, 15) is 5.11 Å². The van der Waals surface area contributed by atoms with Gasteiger partial charge in [-0.3, -0.25) is 0 Å². The minimum Gasteiger partial charge on any atom is -0.497 e. The maximum atomic E-state index is 9.40. The van der Waals surface area contributed by atoms with Crippen LogP contribution in [-0.4, -0.2) is 25.4 Å². The summed E-state index contributed by atoms with van der Waals surface area (Å²) in [6, 6.07) is 26.9. The van der Waals surface area contributed by atoms with Gasteiger partial charge in [-0.25, -0.2) is 0 Å². The second-order valence-corrected chi connectivity index (χ2v) is 5.91. The number of methoxy groups -OCH3 is 1. The van der Waals surface area contributed by atoms with E-state index in [0.29, 0.717) is 6.54 Å². The van der Waals surface area contributed by atoms with Crippen LogP contribution in [0.3, 0.4) is 0 Å². The van der Waals surface area contributed by atoms with Crippen LogP contribution in [0.4, 0.5) is 5.69 Å². The molecule has 3 aromatic rings. The van der Waals surface area contributed by atoms with Crippen molar-refractivity contribution in [2.45, 2.75) is 6.54 Å². The van der Waals surface area contributed by atoms with Gasteiger partial charge in [0.15, 0.2) is 0 Å². The largest absolute Gasteiger partial charge is 0.497 e. The Kier molecular flexibility index (Phi) is 5.70. The highest BCUT2D eigenvalue weighted by atomic mass is 16.5. The van der Waals surface area contributed by atoms with Crippen molar-refractivity contribution in [2.24, 2.45) is 0 Å². The van der Waals surface area contributed by atoms with Crippen LogP contribution >= 0.6 is 0 Å². The molecule has 3 heteroatoms. The zero-order chi connectivity index (χ0) is 17.5. The Morgan fingerprint density at radius 1 is 0.800 bits per heavy atom. The Labute approximate surface area is 149 Å². The minimum atomic E-state index is 0.119. The summed E-state index contributed by atoms with van der Waals surface area (Å²) in [5, 5.41) is 9.40. The van der Waals surface area contributed by atoms with Gasteiger partial charge in [0.05, 0.1) is 13.7 Å². The first-order valence-electron chi connectivity index (χ1n) is 8.44. The van der Waals surface area contributed by atoms with Crippen LogP contribution in [0.15, 0.2) is 78.9 Å². The number of ether oxygens (including phenoxy) is 1. The van der Waals surface area contributed by atoms with E-state index in [2.05, 4.69) is 53.4 Å². The Balaban J connectivity index is 1.75. The molecule has 3 aromatic carbocycles. The van der Waals surface area contributed by atoms with E-state index >= 15 is 0 Å². The van der Waals surface area contributed by atoms with Crippen molar-refractivity contribution in [3.8, 4) is 16.9 Å². The lowest BCUT2D eigenvalue weighted by Gasteiger charge is -2.24. The van der Waals surface area contributed by atoms with Crippen LogP contribution in [-0.2, 0) is 6.54 Å². The fourth-order valence-corrected chi connectivity index (χ4v) is 2.87. The fourth-order valence-electron chi connectivity index (χ4n) is 2.87. The molecule has 3 nitrogen and oxygen atoms in total. The molecule has 0 bridgehead atoms. The Morgan fingerprint density at radius 3 is 2.04 bits per heavy atom. The van der Waals surface area contributed by atoms with Gasteiger partial charge in [-0.05, 0) is 41.0 Å². The number of aliphatic hydroxyl groups is 1. The lowest BCUT2D eigenvalue weighted by molar-refractivity contribution is 0.301. The molecule has 0 heterocycles. The van der Waals surface area contributed by atoms with Crippen molar-refractivity contribution in [1.82, 2.24) is 0 Å². The van der Waals surface area contributed by atoms with Gasteiger partial charge in [0, 0.05) is 18.8 Å². The first-order chi connectivity index (χ1) is 12.3. The van der Waals surface area contributed by atoms with Gasteiger partial charge in [-0.1, -0.05) is 54.6 Å². The summed E-state index contributed by atoms with van der Waals surface area (Å²) in [6.07, 6.45) is 0. The van der Waals surface area contributed by atoms with Crippen molar-refractivity contribution >= 4 is 5.69 Å². The van der Waals surface area contributed by atoms with Gasteiger partial charge in [-0.15, -0.1) is 0 Å². The van der Waals surface area contributed by atoms with Crippen LogP contribution in [0, 0.1) is 0 Å². The van der Waals surface area contributed by atoms with Crippen molar-refractivity contribution < 1.29 is 9.84 Å². The van der Waals surface area contributed by atoms with Gasteiger partial charge >= 0.3 is 0 Å². The molecular weight excluding hydrogens is 310 g/mol. The average molecular weight is 333 g/mol. The van der Waals surface area contributed by atoms with Crippen LogP contribution in [0.2, 0.25) is 0 Å². The van der Waals surface area contributed by atoms with Crippen LogP contribution in [0.1, 0.15) is 5.56 Å². The fraction of sp³-hybridized carbons (Fsp3) is 0.182.